The molecule has 2 nitrogen and oxygen atoms in total. The SMILES string of the molecule is OC(CC1CC2CCC1C2)C1COc2ccccc21. The Labute approximate surface area is 114 Å². The van der Waals surface area contributed by atoms with Crippen LogP contribution in [0.15, 0.2) is 24.3 Å². The molecule has 19 heavy (non-hydrogen) atoms. The Morgan fingerprint density at radius 1 is 1.21 bits per heavy atom. The van der Waals surface area contributed by atoms with Gasteiger partial charge in [-0.05, 0) is 49.5 Å². The highest BCUT2D eigenvalue weighted by atomic mass is 16.5. The van der Waals surface area contributed by atoms with E-state index in [9.17, 15) is 5.11 Å². The monoisotopic (exact) mass is 258 g/mol. The zero-order chi connectivity index (χ0) is 12.8. The number of benzene rings is 1. The molecule has 0 saturated heterocycles. The summed E-state index contributed by atoms with van der Waals surface area (Å²) in [6.45, 7) is 0.654. The third-order valence-electron chi connectivity index (χ3n) is 5.63. The Balaban J connectivity index is 1.46. The molecule has 5 unspecified atom stereocenters. The topological polar surface area (TPSA) is 29.5 Å². The zero-order valence-corrected chi connectivity index (χ0v) is 11.3. The van der Waals surface area contributed by atoms with E-state index in [0.717, 1.165) is 29.9 Å². The molecular weight excluding hydrogens is 236 g/mol. The normalized spacial score (nSPS) is 37.1. The predicted molar refractivity (Wildman–Crippen MR) is 74.2 cm³/mol. The molecule has 1 heterocycles. The third kappa shape index (κ3) is 1.97. The average molecular weight is 258 g/mol. The van der Waals surface area contributed by atoms with Crippen molar-refractivity contribution in [3.8, 4) is 5.75 Å². The predicted octanol–water partition coefficient (Wildman–Crippen LogP) is 3.35. The van der Waals surface area contributed by atoms with Crippen LogP contribution in [0.4, 0.5) is 0 Å². The van der Waals surface area contributed by atoms with Gasteiger partial charge in [0.1, 0.15) is 5.75 Å². The second-order valence-electron chi connectivity index (χ2n) is 6.69. The van der Waals surface area contributed by atoms with Crippen LogP contribution in [0.25, 0.3) is 0 Å². The van der Waals surface area contributed by atoms with Crippen molar-refractivity contribution in [1.82, 2.24) is 0 Å². The van der Waals surface area contributed by atoms with Crippen molar-refractivity contribution in [2.45, 2.75) is 44.1 Å². The lowest BCUT2D eigenvalue weighted by Crippen LogP contribution is -2.25. The number of ether oxygens (including phenoxy) is 1. The molecule has 2 heteroatoms. The largest absolute Gasteiger partial charge is 0.493 e. The first-order valence-electron chi connectivity index (χ1n) is 7.71. The van der Waals surface area contributed by atoms with Crippen LogP contribution in [0.2, 0.25) is 0 Å². The first kappa shape index (κ1) is 11.8. The van der Waals surface area contributed by atoms with Gasteiger partial charge in [-0.25, -0.2) is 0 Å². The number of hydrogen-bond acceptors (Lipinski definition) is 2. The molecule has 4 rings (SSSR count). The molecule has 0 spiro atoms. The lowest BCUT2D eigenvalue weighted by Gasteiger charge is -2.26. The number of aliphatic hydroxyl groups is 1. The first-order chi connectivity index (χ1) is 9.31. The van der Waals surface area contributed by atoms with Gasteiger partial charge < -0.3 is 9.84 Å². The Bertz CT molecular complexity index is 470. The molecule has 0 aromatic heterocycles. The lowest BCUT2D eigenvalue weighted by molar-refractivity contribution is 0.0900. The molecule has 1 aliphatic heterocycles. The van der Waals surface area contributed by atoms with E-state index < -0.39 is 0 Å². The second kappa shape index (κ2) is 4.52. The molecule has 0 amide bonds. The average Bonchev–Trinajstić information content (AvgIpc) is 3.13. The number of rotatable bonds is 3. The maximum Gasteiger partial charge on any atom is 0.123 e. The molecule has 2 fully saturated rings. The van der Waals surface area contributed by atoms with Gasteiger partial charge in [-0.1, -0.05) is 24.6 Å². The Morgan fingerprint density at radius 2 is 2.11 bits per heavy atom. The van der Waals surface area contributed by atoms with Crippen LogP contribution < -0.4 is 4.74 Å². The van der Waals surface area contributed by atoms with Crippen molar-refractivity contribution in [3.05, 3.63) is 29.8 Å². The number of hydrogen-bond donors (Lipinski definition) is 1. The summed E-state index contributed by atoms with van der Waals surface area (Å²) in [4.78, 5) is 0. The van der Waals surface area contributed by atoms with Gasteiger partial charge in [0.15, 0.2) is 0 Å². The van der Waals surface area contributed by atoms with E-state index >= 15 is 0 Å². The maximum absolute atomic E-state index is 10.6. The first-order valence-corrected chi connectivity index (χ1v) is 7.71. The lowest BCUT2D eigenvalue weighted by atomic mass is 9.81. The summed E-state index contributed by atoms with van der Waals surface area (Å²) >= 11 is 0. The zero-order valence-electron chi connectivity index (χ0n) is 11.3. The van der Waals surface area contributed by atoms with Crippen LogP contribution in [0.1, 0.15) is 43.6 Å². The summed E-state index contributed by atoms with van der Waals surface area (Å²) < 4.78 is 5.70. The molecule has 1 aromatic rings. The minimum atomic E-state index is -0.229. The standard InChI is InChI=1S/C17H22O2/c18-16(9-13-8-11-5-6-12(13)7-11)15-10-19-17-4-2-1-3-14(15)17/h1-4,11-13,15-16,18H,5-10H2. The Morgan fingerprint density at radius 3 is 2.89 bits per heavy atom. The van der Waals surface area contributed by atoms with Crippen LogP contribution in [-0.4, -0.2) is 17.8 Å². The highest BCUT2D eigenvalue weighted by Gasteiger charge is 2.41. The Hall–Kier alpha value is -1.02. The van der Waals surface area contributed by atoms with Crippen molar-refractivity contribution in [2.75, 3.05) is 6.61 Å². The molecule has 1 N–H and O–H groups in total. The molecular formula is C17H22O2. The van der Waals surface area contributed by atoms with E-state index in [1.165, 1.54) is 31.2 Å². The number of para-hydroxylation sites is 1. The summed E-state index contributed by atoms with van der Waals surface area (Å²) in [7, 11) is 0. The van der Waals surface area contributed by atoms with E-state index in [1.54, 1.807) is 0 Å². The van der Waals surface area contributed by atoms with E-state index in [0.29, 0.717) is 6.61 Å². The molecule has 102 valence electrons. The minimum absolute atomic E-state index is 0.190. The third-order valence-corrected chi connectivity index (χ3v) is 5.63. The minimum Gasteiger partial charge on any atom is -0.493 e. The summed E-state index contributed by atoms with van der Waals surface area (Å²) in [5.41, 5.74) is 1.21. The Kier molecular flexibility index (Phi) is 2.80. The maximum atomic E-state index is 10.6. The van der Waals surface area contributed by atoms with Gasteiger partial charge in [0.05, 0.1) is 12.7 Å². The van der Waals surface area contributed by atoms with Crippen molar-refractivity contribution >= 4 is 0 Å². The van der Waals surface area contributed by atoms with E-state index in [-0.39, 0.29) is 12.0 Å². The van der Waals surface area contributed by atoms with Crippen molar-refractivity contribution in [2.24, 2.45) is 17.8 Å². The van der Waals surface area contributed by atoms with Crippen LogP contribution in [0.5, 0.6) is 5.75 Å². The van der Waals surface area contributed by atoms with Crippen molar-refractivity contribution < 1.29 is 9.84 Å². The number of aliphatic hydroxyl groups excluding tert-OH is 1. The second-order valence-corrected chi connectivity index (χ2v) is 6.69. The summed E-state index contributed by atoms with van der Waals surface area (Å²) in [6.07, 6.45) is 6.37. The van der Waals surface area contributed by atoms with E-state index in [4.69, 9.17) is 4.74 Å². The van der Waals surface area contributed by atoms with Crippen LogP contribution in [0.3, 0.4) is 0 Å². The van der Waals surface area contributed by atoms with Crippen molar-refractivity contribution in [1.29, 1.82) is 0 Å². The molecule has 3 aliphatic rings. The van der Waals surface area contributed by atoms with E-state index in [1.807, 2.05) is 18.2 Å². The summed E-state index contributed by atoms with van der Waals surface area (Å²) in [5.74, 6) is 3.79. The van der Waals surface area contributed by atoms with Crippen LogP contribution in [0, 0.1) is 17.8 Å². The van der Waals surface area contributed by atoms with Crippen LogP contribution in [-0.2, 0) is 0 Å². The molecule has 2 aliphatic carbocycles. The van der Waals surface area contributed by atoms with Gasteiger partial charge in [-0.3, -0.25) is 0 Å². The smallest absolute Gasteiger partial charge is 0.123 e. The summed E-state index contributed by atoms with van der Waals surface area (Å²) in [5, 5.41) is 10.6. The molecule has 1 aromatic carbocycles. The van der Waals surface area contributed by atoms with E-state index in [2.05, 4.69) is 6.07 Å². The van der Waals surface area contributed by atoms with Gasteiger partial charge in [0, 0.05) is 11.5 Å². The van der Waals surface area contributed by atoms with Crippen molar-refractivity contribution in [3.63, 3.8) is 0 Å². The van der Waals surface area contributed by atoms with Gasteiger partial charge in [-0.2, -0.15) is 0 Å². The van der Waals surface area contributed by atoms with Gasteiger partial charge in [0.25, 0.3) is 0 Å². The fourth-order valence-electron chi connectivity index (χ4n) is 4.65. The molecule has 2 saturated carbocycles. The van der Waals surface area contributed by atoms with Gasteiger partial charge in [-0.15, -0.1) is 0 Å². The highest BCUT2D eigenvalue weighted by Crippen LogP contribution is 2.51. The fraction of sp³-hybridized carbons (Fsp3) is 0.647. The fourth-order valence-corrected chi connectivity index (χ4v) is 4.65. The van der Waals surface area contributed by atoms with Gasteiger partial charge >= 0.3 is 0 Å². The number of fused-ring (bicyclic) bond motifs is 3. The molecule has 2 bridgehead atoms. The molecule has 5 atom stereocenters. The summed E-state index contributed by atoms with van der Waals surface area (Å²) in [6, 6.07) is 8.17. The highest BCUT2D eigenvalue weighted by molar-refractivity contribution is 5.40. The van der Waals surface area contributed by atoms with Gasteiger partial charge in [0.2, 0.25) is 0 Å². The van der Waals surface area contributed by atoms with Crippen LogP contribution >= 0.6 is 0 Å². The molecule has 0 radical (unpaired) electrons. The quantitative estimate of drug-likeness (QED) is 0.901.